The predicted molar refractivity (Wildman–Crippen MR) is 107 cm³/mol. The number of hydrogen-bond acceptors (Lipinski definition) is 3. The SMILES string of the molecule is CCCOC(=O)c1cn(-c2ccc(Cl)cc2Cl)c(-c2ccc(Br)cc2)n1. The molecule has 0 atom stereocenters. The van der Waals surface area contributed by atoms with Gasteiger partial charge in [-0.05, 0) is 36.8 Å². The molecule has 0 radical (unpaired) electrons. The summed E-state index contributed by atoms with van der Waals surface area (Å²) in [7, 11) is 0. The van der Waals surface area contributed by atoms with Crippen molar-refractivity contribution in [2.45, 2.75) is 13.3 Å². The molecule has 4 nitrogen and oxygen atoms in total. The second-order valence-electron chi connectivity index (χ2n) is 5.56. The quantitative estimate of drug-likeness (QED) is 0.433. The summed E-state index contributed by atoms with van der Waals surface area (Å²) in [6.45, 7) is 2.29. The second-order valence-corrected chi connectivity index (χ2v) is 7.32. The molecule has 0 saturated carbocycles. The fourth-order valence-electron chi connectivity index (χ4n) is 2.41. The Morgan fingerprint density at radius 1 is 1.19 bits per heavy atom. The molecule has 2 aromatic carbocycles. The number of esters is 1. The van der Waals surface area contributed by atoms with E-state index in [-0.39, 0.29) is 5.69 Å². The molecular formula is C19H15BrCl2N2O2. The number of ether oxygens (including phenoxy) is 1. The van der Waals surface area contributed by atoms with E-state index in [1.54, 1.807) is 29.0 Å². The van der Waals surface area contributed by atoms with Crippen molar-refractivity contribution in [1.29, 1.82) is 0 Å². The zero-order chi connectivity index (χ0) is 18.7. The van der Waals surface area contributed by atoms with Crippen LogP contribution in [-0.2, 0) is 4.74 Å². The molecule has 0 fully saturated rings. The van der Waals surface area contributed by atoms with Gasteiger partial charge < -0.3 is 4.74 Å². The van der Waals surface area contributed by atoms with E-state index in [1.807, 2.05) is 31.2 Å². The normalized spacial score (nSPS) is 10.8. The van der Waals surface area contributed by atoms with E-state index >= 15 is 0 Å². The van der Waals surface area contributed by atoms with Gasteiger partial charge in [-0.25, -0.2) is 9.78 Å². The van der Waals surface area contributed by atoms with Crippen molar-refractivity contribution in [1.82, 2.24) is 9.55 Å². The van der Waals surface area contributed by atoms with Gasteiger partial charge in [-0.2, -0.15) is 0 Å². The van der Waals surface area contributed by atoms with Crippen molar-refractivity contribution >= 4 is 45.1 Å². The van der Waals surface area contributed by atoms with Crippen molar-refractivity contribution in [2.75, 3.05) is 6.61 Å². The number of nitrogens with zero attached hydrogens (tertiary/aromatic N) is 2. The Morgan fingerprint density at radius 3 is 2.58 bits per heavy atom. The molecule has 1 heterocycles. The third kappa shape index (κ3) is 4.11. The van der Waals surface area contributed by atoms with Gasteiger partial charge >= 0.3 is 5.97 Å². The van der Waals surface area contributed by atoms with Crippen LogP contribution >= 0.6 is 39.1 Å². The lowest BCUT2D eigenvalue weighted by molar-refractivity contribution is 0.0499. The molecule has 134 valence electrons. The van der Waals surface area contributed by atoms with E-state index < -0.39 is 5.97 Å². The lowest BCUT2D eigenvalue weighted by Crippen LogP contribution is -2.06. The Balaban J connectivity index is 2.12. The van der Waals surface area contributed by atoms with Crippen LogP contribution in [0, 0.1) is 0 Å². The fraction of sp³-hybridized carbons (Fsp3) is 0.158. The minimum Gasteiger partial charge on any atom is -0.461 e. The Kier molecular flexibility index (Phi) is 6.01. The molecule has 7 heteroatoms. The van der Waals surface area contributed by atoms with Gasteiger partial charge in [0, 0.05) is 21.3 Å². The highest BCUT2D eigenvalue weighted by Gasteiger charge is 2.19. The summed E-state index contributed by atoms with van der Waals surface area (Å²) in [5, 5.41) is 0.994. The van der Waals surface area contributed by atoms with Crippen LogP contribution in [0.4, 0.5) is 0 Å². The van der Waals surface area contributed by atoms with Gasteiger partial charge in [0.15, 0.2) is 5.69 Å². The highest BCUT2D eigenvalue weighted by Crippen LogP contribution is 2.30. The van der Waals surface area contributed by atoms with Crippen LogP contribution in [-0.4, -0.2) is 22.1 Å². The van der Waals surface area contributed by atoms with Crippen molar-refractivity contribution in [3.8, 4) is 17.1 Å². The molecule has 3 rings (SSSR count). The molecule has 0 spiro atoms. The van der Waals surface area contributed by atoms with E-state index in [0.717, 1.165) is 16.5 Å². The molecule has 0 aliphatic carbocycles. The van der Waals surface area contributed by atoms with Crippen molar-refractivity contribution in [2.24, 2.45) is 0 Å². The van der Waals surface area contributed by atoms with E-state index in [9.17, 15) is 4.79 Å². The average molecular weight is 454 g/mol. The smallest absolute Gasteiger partial charge is 0.358 e. The largest absolute Gasteiger partial charge is 0.461 e. The molecule has 0 N–H and O–H groups in total. The van der Waals surface area contributed by atoms with Crippen LogP contribution in [0.15, 0.2) is 53.1 Å². The number of imidazole rings is 1. The van der Waals surface area contributed by atoms with Crippen molar-refractivity contribution in [3.05, 3.63) is 68.9 Å². The zero-order valence-electron chi connectivity index (χ0n) is 13.9. The number of carbonyl (C=O) groups excluding carboxylic acids is 1. The maximum atomic E-state index is 12.3. The molecule has 0 unspecified atom stereocenters. The fourth-order valence-corrected chi connectivity index (χ4v) is 3.17. The average Bonchev–Trinajstić information content (AvgIpc) is 3.05. The van der Waals surface area contributed by atoms with Gasteiger partial charge in [0.05, 0.1) is 17.3 Å². The Bertz CT molecular complexity index is 939. The molecule has 0 aliphatic heterocycles. The summed E-state index contributed by atoms with van der Waals surface area (Å²) in [6.07, 6.45) is 2.37. The van der Waals surface area contributed by atoms with Gasteiger partial charge in [-0.15, -0.1) is 0 Å². The minimum absolute atomic E-state index is 0.224. The van der Waals surface area contributed by atoms with E-state index in [0.29, 0.717) is 28.2 Å². The standard InChI is InChI=1S/C19H15BrCl2N2O2/c1-2-9-26-19(25)16-11-24(17-8-7-14(21)10-15(17)22)18(23-16)12-3-5-13(20)6-4-12/h3-8,10-11H,2,9H2,1H3. The van der Waals surface area contributed by atoms with Crippen LogP contribution in [0.1, 0.15) is 23.8 Å². The first kappa shape index (κ1) is 19.0. The lowest BCUT2D eigenvalue weighted by Gasteiger charge is -2.10. The molecule has 3 aromatic rings. The minimum atomic E-state index is -0.464. The Hall–Kier alpha value is -1.82. The Morgan fingerprint density at radius 2 is 1.92 bits per heavy atom. The molecule has 0 bridgehead atoms. The van der Waals surface area contributed by atoms with Gasteiger partial charge in [0.25, 0.3) is 0 Å². The molecule has 0 saturated heterocycles. The number of carbonyl (C=O) groups is 1. The van der Waals surface area contributed by atoms with E-state index in [1.165, 1.54) is 0 Å². The van der Waals surface area contributed by atoms with Gasteiger partial charge in [-0.1, -0.05) is 58.2 Å². The number of benzene rings is 2. The summed E-state index contributed by atoms with van der Waals surface area (Å²) < 4.78 is 7.93. The van der Waals surface area contributed by atoms with Crippen molar-refractivity contribution in [3.63, 3.8) is 0 Å². The Labute approximate surface area is 169 Å². The number of halogens is 3. The number of hydrogen-bond donors (Lipinski definition) is 0. The maximum absolute atomic E-state index is 12.3. The van der Waals surface area contributed by atoms with E-state index in [2.05, 4.69) is 20.9 Å². The van der Waals surface area contributed by atoms with Crippen molar-refractivity contribution < 1.29 is 9.53 Å². The topological polar surface area (TPSA) is 44.1 Å². The third-order valence-electron chi connectivity index (χ3n) is 3.62. The monoisotopic (exact) mass is 452 g/mol. The first-order chi connectivity index (χ1) is 12.5. The van der Waals surface area contributed by atoms with Crippen LogP contribution < -0.4 is 0 Å². The molecule has 0 amide bonds. The summed E-state index contributed by atoms with van der Waals surface area (Å²) in [6, 6.07) is 12.8. The third-order valence-corrected chi connectivity index (χ3v) is 4.69. The van der Waals surface area contributed by atoms with Crippen LogP contribution in [0.3, 0.4) is 0 Å². The first-order valence-electron chi connectivity index (χ1n) is 7.97. The van der Waals surface area contributed by atoms with Gasteiger partial charge in [-0.3, -0.25) is 4.57 Å². The number of rotatable bonds is 5. The van der Waals surface area contributed by atoms with Gasteiger partial charge in [0.1, 0.15) is 5.82 Å². The summed E-state index contributed by atoms with van der Waals surface area (Å²) in [4.78, 5) is 16.7. The molecule has 1 aromatic heterocycles. The number of aromatic nitrogens is 2. The molecule has 0 aliphatic rings. The van der Waals surface area contributed by atoms with Crippen LogP contribution in [0.5, 0.6) is 0 Å². The molecule has 26 heavy (non-hydrogen) atoms. The first-order valence-corrected chi connectivity index (χ1v) is 9.52. The lowest BCUT2D eigenvalue weighted by atomic mass is 10.2. The highest BCUT2D eigenvalue weighted by atomic mass is 79.9. The van der Waals surface area contributed by atoms with Crippen LogP contribution in [0.25, 0.3) is 17.1 Å². The van der Waals surface area contributed by atoms with Gasteiger partial charge in [0.2, 0.25) is 0 Å². The summed E-state index contributed by atoms with van der Waals surface area (Å²) >= 11 is 15.8. The zero-order valence-corrected chi connectivity index (χ0v) is 17.0. The summed E-state index contributed by atoms with van der Waals surface area (Å²) in [5.74, 6) is 0.124. The second kappa shape index (κ2) is 8.25. The highest BCUT2D eigenvalue weighted by molar-refractivity contribution is 9.10. The summed E-state index contributed by atoms with van der Waals surface area (Å²) in [5.41, 5.74) is 1.74. The predicted octanol–water partition coefficient (Wildman–Crippen LogP) is 6.18. The van der Waals surface area contributed by atoms with E-state index in [4.69, 9.17) is 27.9 Å². The molecular weight excluding hydrogens is 439 g/mol. The maximum Gasteiger partial charge on any atom is 0.358 e. The van der Waals surface area contributed by atoms with Crippen LogP contribution in [0.2, 0.25) is 10.0 Å².